The summed E-state index contributed by atoms with van der Waals surface area (Å²) in [7, 11) is 0. The molecule has 0 spiro atoms. The Morgan fingerprint density at radius 3 is 2.57 bits per heavy atom. The van der Waals surface area contributed by atoms with Crippen LogP contribution in [0.2, 0.25) is 0 Å². The number of esters is 1. The van der Waals surface area contributed by atoms with Crippen molar-refractivity contribution in [3.8, 4) is 0 Å². The fraction of sp³-hybridized carbons (Fsp3) is 0.158. The van der Waals surface area contributed by atoms with Crippen molar-refractivity contribution < 1.29 is 14.3 Å². The van der Waals surface area contributed by atoms with E-state index in [2.05, 4.69) is 4.98 Å². The van der Waals surface area contributed by atoms with Gasteiger partial charge in [-0.2, -0.15) is 0 Å². The lowest BCUT2D eigenvalue weighted by atomic mass is 9.99. The number of fused-ring (bicyclic) bond motifs is 1. The fourth-order valence-corrected chi connectivity index (χ4v) is 2.63. The molecule has 0 saturated carbocycles. The largest absolute Gasteiger partial charge is 0.461 e. The maximum atomic E-state index is 12.7. The number of carbonyl (C=O) groups excluding carboxylic acids is 2. The lowest BCUT2D eigenvalue weighted by Gasteiger charge is -2.04. The second-order valence-electron chi connectivity index (χ2n) is 5.31. The van der Waals surface area contributed by atoms with Gasteiger partial charge in [-0.25, -0.2) is 4.79 Å². The van der Waals surface area contributed by atoms with Crippen molar-refractivity contribution in [3.63, 3.8) is 0 Å². The van der Waals surface area contributed by atoms with Crippen molar-refractivity contribution in [2.45, 2.75) is 13.8 Å². The van der Waals surface area contributed by atoms with Crippen LogP contribution >= 0.6 is 0 Å². The number of benzene rings is 2. The molecule has 2 aromatic carbocycles. The molecule has 4 heteroatoms. The minimum absolute atomic E-state index is 0.111. The zero-order valence-corrected chi connectivity index (χ0v) is 13.1. The van der Waals surface area contributed by atoms with Gasteiger partial charge in [0.25, 0.3) is 0 Å². The Labute approximate surface area is 134 Å². The van der Waals surface area contributed by atoms with E-state index in [1.54, 1.807) is 26.1 Å². The van der Waals surface area contributed by atoms with Crippen molar-refractivity contribution in [3.05, 3.63) is 71.0 Å². The van der Waals surface area contributed by atoms with Gasteiger partial charge < -0.3 is 9.72 Å². The molecule has 0 radical (unpaired) electrons. The standard InChI is InChI=1S/C19H17NO3/c1-3-23-19(22)17-12(2)16(11-20-17)18(21)15-9-8-13-6-4-5-7-14(13)10-15/h4-11,20H,3H2,1-2H3. The van der Waals surface area contributed by atoms with Gasteiger partial charge in [0.1, 0.15) is 5.69 Å². The topological polar surface area (TPSA) is 59.2 Å². The van der Waals surface area contributed by atoms with Gasteiger partial charge in [-0.3, -0.25) is 4.79 Å². The minimum Gasteiger partial charge on any atom is -0.461 e. The summed E-state index contributed by atoms with van der Waals surface area (Å²) >= 11 is 0. The minimum atomic E-state index is -0.442. The van der Waals surface area contributed by atoms with Gasteiger partial charge >= 0.3 is 5.97 Å². The Balaban J connectivity index is 1.97. The van der Waals surface area contributed by atoms with Gasteiger partial charge in [0.15, 0.2) is 5.78 Å². The number of nitrogens with one attached hydrogen (secondary N) is 1. The highest BCUT2D eigenvalue weighted by Gasteiger charge is 2.20. The predicted molar refractivity (Wildman–Crippen MR) is 88.9 cm³/mol. The molecule has 3 rings (SSSR count). The monoisotopic (exact) mass is 307 g/mol. The van der Waals surface area contributed by atoms with Crippen LogP contribution in [0.1, 0.15) is 38.9 Å². The van der Waals surface area contributed by atoms with Crippen LogP contribution < -0.4 is 0 Å². The molecule has 0 aliphatic carbocycles. The molecule has 1 aromatic heterocycles. The first kappa shape index (κ1) is 15.0. The fourth-order valence-electron chi connectivity index (χ4n) is 2.63. The highest BCUT2D eigenvalue weighted by molar-refractivity contribution is 6.12. The van der Waals surface area contributed by atoms with Gasteiger partial charge in [0.2, 0.25) is 0 Å². The van der Waals surface area contributed by atoms with Gasteiger partial charge in [-0.05, 0) is 36.2 Å². The number of rotatable bonds is 4. The van der Waals surface area contributed by atoms with E-state index in [4.69, 9.17) is 4.74 Å². The zero-order valence-electron chi connectivity index (χ0n) is 13.1. The third-order valence-electron chi connectivity index (χ3n) is 3.88. The molecule has 4 nitrogen and oxygen atoms in total. The number of aromatic nitrogens is 1. The molecule has 0 bridgehead atoms. The van der Waals surface area contributed by atoms with Gasteiger partial charge in [-0.15, -0.1) is 0 Å². The third kappa shape index (κ3) is 2.75. The molecule has 0 amide bonds. The molecule has 1 heterocycles. The second kappa shape index (κ2) is 6.08. The van der Waals surface area contributed by atoms with Gasteiger partial charge in [-0.1, -0.05) is 36.4 Å². The van der Waals surface area contributed by atoms with Gasteiger partial charge in [0, 0.05) is 17.3 Å². The summed E-state index contributed by atoms with van der Waals surface area (Å²) in [6.45, 7) is 3.79. The van der Waals surface area contributed by atoms with E-state index in [-0.39, 0.29) is 5.78 Å². The highest BCUT2D eigenvalue weighted by atomic mass is 16.5. The van der Waals surface area contributed by atoms with Crippen LogP contribution in [0.25, 0.3) is 10.8 Å². The molecule has 0 aliphatic heterocycles. The number of hydrogen-bond acceptors (Lipinski definition) is 3. The maximum Gasteiger partial charge on any atom is 0.355 e. The first-order chi connectivity index (χ1) is 11.1. The quantitative estimate of drug-likeness (QED) is 0.587. The molecule has 23 heavy (non-hydrogen) atoms. The second-order valence-corrected chi connectivity index (χ2v) is 5.31. The van der Waals surface area contributed by atoms with E-state index >= 15 is 0 Å². The summed E-state index contributed by atoms with van der Waals surface area (Å²) in [4.78, 5) is 27.4. The first-order valence-corrected chi connectivity index (χ1v) is 7.50. The Hall–Kier alpha value is -2.88. The van der Waals surface area contributed by atoms with Crippen LogP contribution in [0, 0.1) is 6.92 Å². The van der Waals surface area contributed by atoms with Crippen LogP contribution in [0.5, 0.6) is 0 Å². The zero-order chi connectivity index (χ0) is 16.4. The first-order valence-electron chi connectivity index (χ1n) is 7.50. The van der Waals surface area contributed by atoms with Crippen molar-refractivity contribution in [1.82, 2.24) is 4.98 Å². The number of ketones is 1. The van der Waals surface area contributed by atoms with Crippen LogP contribution in [-0.4, -0.2) is 23.3 Å². The predicted octanol–water partition coefficient (Wildman–Crippen LogP) is 3.88. The van der Waals surface area contributed by atoms with Crippen molar-refractivity contribution in [2.24, 2.45) is 0 Å². The van der Waals surface area contributed by atoms with Crippen LogP contribution in [-0.2, 0) is 4.74 Å². The van der Waals surface area contributed by atoms with E-state index in [1.807, 2.05) is 36.4 Å². The molecule has 116 valence electrons. The Bertz CT molecular complexity index is 893. The van der Waals surface area contributed by atoms with Crippen LogP contribution in [0.3, 0.4) is 0 Å². The van der Waals surface area contributed by atoms with E-state index in [0.717, 1.165) is 10.8 Å². The number of carbonyl (C=O) groups is 2. The molecule has 3 aromatic rings. The van der Waals surface area contributed by atoms with Crippen LogP contribution in [0.4, 0.5) is 0 Å². The molecule has 0 saturated heterocycles. The molecule has 1 N–H and O–H groups in total. The Kier molecular flexibility index (Phi) is 3.98. The summed E-state index contributed by atoms with van der Waals surface area (Å²) in [6, 6.07) is 13.5. The van der Waals surface area contributed by atoms with Crippen molar-refractivity contribution >= 4 is 22.5 Å². The summed E-state index contributed by atoms with van der Waals surface area (Å²) in [5.74, 6) is -0.553. The summed E-state index contributed by atoms with van der Waals surface area (Å²) < 4.78 is 4.98. The molecule has 0 atom stereocenters. The molecular formula is C19H17NO3. The lowest BCUT2D eigenvalue weighted by molar-refractivity contribution is 0.0519. The number of ether oxygens (including phenoxy) is 1. The average molecular weight is 307 g/mol. The smallest absolute Gasteiger partial charge is 0.355 e. The Morgan fingerprint density at radius 1 is 1.09 bits per heavy atom. The summed E-state index contributed by atoms with van der Waals surface area (Å²) in [5, 5.41) is 2.10. The highest BCUT2D eigenvalue weighted by Crippen LogP contribution is 2.21. The summed E-state index contributed by atoms with van der Waals surface area (Å²) in [5.41, 5.74) is 2.03. The van der Waals surface area contributed by atoms with Crippen molar-refractivity contribution in [1.29, 1.82) is 0 Å². The van der Waals surface area contributed by atoms with E-state index in [9.17, 15) is 9.59 Å². The number of aromatic amines is 1. The summed E-state index contributed by atoms with van der Waals surface area (Å²) in [6.07, 6.45) is 1.57. The van der Waals surface area contributed by atoms with Crippen LogP contribution in [0.15, 0.2) is 48.7 Å². The van der Waals surface area contributed by atoms with E-state index in [1.165, 1.54) is 0 Å². The van der Waals surface area contributed by atoms with E-state index in [0.29, 0.717) is 29.0 Å². The molecule has 0 unspecified atom stereocenters. The maximum absolute atomic E-state index is 12.7. The molecule has 0 fully saturated rings. The van der Waals surface area contributed by atoms with Crippen molar-refractivity contribution in [2.75, 3.05) is 6.61 Å². The lowest BCUT2D eigenvalue weighted by Crippen LogP contribution is -2.08. The normalized spacial score (nSPS) is 10.7. The number of H-pyrrole nitrogens is 1. The average Bonchev–Trinajstić information content (AvgIpc) is 2.95. The number of hydrogen-bond donors (Lipinski definition) is 1. The molecule has 0 aliphatic rings. The molecular weight excluding hydrogens is 290 g/mol. The van der Waals surface area contributed by atoms with E-state index < -0.39 is 5.97 Å². The third-order valence-corrected chi connectivity index (χ3v) is 3.88. The Morgan fingerprint density at radius 2 is 1.83 bits per heavy atom. The van der Waals surface area contributed by atoms with Gasteiger partial charge in [0.05, 0.1) is 6.61 Å². The SMILES string of the molecule is CCOC(=O)c1[nH]cc(C(=O)c2ccc3ccccc3c2)c1C.